The minimum atomic E-state index is -0.245. The first-order valence-corrected chi connectivity index (χ1v) is 8.29. The van der Waals surface area contributed by atoms with E-state index in [2.05, 4.69) is 24.5 Å². The van der Waals surface area contributed by atoms with Crippen LogP contribution in [0.15, 0.2) is 54.6 Å². The molecular formula is C20H26N2O2. The maximum Gasteiger partial charge on any atom is 0.237 e. The van der Waals surface area contributed by atoms with E-state index < -0.39 is 0 Å². The summed E-state index contributed by atoms with van der Waals surface area (Å²) in [5.74, 6) is 0.830. The van der Waals surface area contributed by atoms with Gasteiger partial charge in [0, 0.05) is 12.6 Å². The molecule has 0 aromatic heterocycles. The second-order valence-corrected chi connectivity index (χ2v) is 6.13. The summed E-state index contributed by atoms with van der Waals surface area (Å²) >= 11 is 0. The molecule has 0 aliphatic heterocycles. The average molecular weight is 326 g/mol. The lowest BCUT2D eigenvalue weighted by molar-refractivity contribution is -0.123. The highest BCUT2D eigenvalue weighted by Gasteiger charge is 2.19. The van der Waals surface area contributed by atoms with Gasteiger partial charge in [0.15, 0.2) is 0 Å². The van der Waals surface area contributed by atoms with Crippen molar-refractivity contribution >= 4 is 5.91 Å². The Balaban J connectivity index is 1.96. The molecule has 2 rings (SSSR count). The zero-order valence-electron chi connectivity index (χ0n) is 14.6. The number of hydrogen-bond donors (Lipinski definition) is 2. The van der Waals surface area contributed by atoms with Gasteiger partial charge >= 0.3 is 0 Å². The van der Waals surface area contributed by atoms with E-state index in [9.17, 15) is 4.79 Å². The minimum Gasteiger partial charge on any atom is -0.497 e. The van der Waals surface area contributed by atoms with Crippen molar-refractivity contribution in [3.63, 3.8) is 0 Å². The Labute approximate surface area is 144 Å². The third-order valence-electron chi connectivity index (χ3n) is 3.76. The Hall–Kier alpha value is -2.33. The van der Waals surface area contributed by atoms with Crippen LogP contribution in [0.1, 0.15) is 25.0 Å². The molecule has 0 bridgehead atoms. The van der Waals surface area contributed by atoms with Gasteiger partial charge in [0.25, 0.3) is 0 Å². The number of hydrogen-bond acceptors (Lipinski definition) is 3. The molecule has 2 aromatic rings. The summed E-state index contributed by atoms with van der Waals surface area (Å²) in [6, 6.07) is 17.8. The molecule has 0 radical (unpaired) electrons. The number of carbonyl (C=O) groups is 1. The summed E-state index contributed by atoms with van der Waals surface area (Å²) in [5, 5.41) is 6.37. The maximum atomic E-state index is 12.6. The number of carbonyl (C=O) groups excluding carboxylic acids is 1. The van der Waals surface area contributed by atoms with Gasteiger partial charge < -0.3 is 15.4 Å². The van der Waals surface area contributed by atoms with Crippen molar-refractivity contribution in [1.82, 2.24) is 10.6 Å². The van der Waals surface area contributed by atoms with Gasteiger partial charge in [-0.3, -0.25) is 4.79 Å². The van der Waals surface area contributed by atoms with Crippen molar-refractivity contribution < 1.29 is 9.53 Å². The molecular weight excluding hydrogens is 300 g/mol. The van der Waals surface area contributed by atoms with Crippen LogP contribution in [-0.2, 0) is 17.8 Å². The van der Waals surface area contributed by atoms with Gasteiger partial charge in [0.05, 0.1) is 13.2 Å². The van der Waals surface area contributed by atoms with Crippen LogP contribution < -0.4 is 15.4 Å². The Morgan fingerprint density at radius 3 is 2.25 bits per heavy atom. The largest absolute Gasteiger partial charge is 0.497 e. The summed E-state index contributed by atoms with van der Waals surface area (Å²) in [6.45, 7) is 4.61. The SMILES string of the molecule is COc1ccc(CNC(=O)C(Cc2ccccc2)NC(C)C)cc1. The molecule has 2 aromatic carbocycles. The fourth-order valence-corrected chi connectivity index (χ4v) is 2.54. The lowest BCUT2D eigenvalue weighted by Gasteiger charge is -2.21. The predicted molar refractivity (Wildman–Crippen MR) is 97.0 cm³/mol. The second kappa shape index (κ2) is 9.08. The number of rotatable bonds is 8. The lowest BCUT2D eigenvalue weighted by Crippen LogP contribution is -2.47. The summed E-state index contributed by atoms with van der Waals surface area (Å²) in [5.41, 5.74) is 2.20. The number of benzene rings is 2. The number of methoxy groups -OCH3 is 1. The van der Waals surface area contributed by atoms with Gasteiger partial charge in [-0.25, -0.2) is 0 Å². The summed E-state index contributed by atoms with van der Waals surface area (Å²) in [4.78, 5) is 12.6. The quantitative estimate of drug-likeness (QED) is 0.784. The highest BCUT2D eigenvalue weighted by molar-refractivity contribution is 5.82. The molecule has 0 heterocycles. The molecule has 24 heavy (non-hydrogen) atoms. The topological polar surface area (TPSA) is 50.4 Å². The summed E-state index contributed by atoms with van der Waals surface area (Å²) in [6.07, 6.45) is 0.674. The third-order valence-corrected chi connectivity index (χ3v) is 3.76. The van der Waals surface area contributed by atoms with Gasteiger partial charge in [0.2, 0.25) is 5.91 Å². The van der Waals surface area contributed by atoms with Gasteiger partial charge in [-0.1, -0.05) is 56.3 Å². The zero-order chi connectivity index (χ0) is 17.4. The third kappa shape index (κ3) is 5.70. The monoisotopic (exact) mass is 326 g/mol. The van der Waals surface area contributed by atoms with E-state index in [1.54, 1.807) is 7.11 Å². The van der Waals surface area contributed by atoms with E-state index in [1.807, 2.05) is 54.6 Å². The Morgan fingerprint density at radius 1 is 1.00 bits per heavy atom. The van der Waals surface area contributed by atoms with Crippen LogP contribution in [0, 0.1) is 0 Å². The normalized spacial score (nSPS) is 12.0. The molecule has 1 unspecified atom stereocenters. The lowest BCUT2D eigenvalue weighted by atomic mass is 10.0. The zero-order valence-corrected chi connectivity index (χ0v) is 14.6. The van der Waals surface area contributed by atoms with Gasteiger partial charge in [-0.15, -0.1) is 0 Å². The molecule has 128 valence electrons. The van der Waals surface area contributed by atoms with Crippen LogP contribution in [0.2, 0.25) is 0 Å². The van der Waals surface area contributed by atoms with Crippen molar-refractivity contribution in [3.05, 3.63) is 65.7 Å². The van der Waals surface area contributed by atoms with Crippen LogP contribution in [0.3, 0.4) is 0 Å². The van der Waals surface area contributed by atoms with Crippen molar-refractivity contribution in [2.75, 3.05) is 7.11 Å². The van der Waals surface area contributed by atoms with Crippen molar-refractivity contribution in [2.45, 2.75) is 38.9 Å². The van der Waals surface area contributed by atoms with E-state index in [0.29, 0.717) is 13.0 Å². The van der Waals surface area contributed by atoms with Crippen LogP contribution >= 0.6 is 0 Å². The van der Waals surface area contributed by atoms with Crippen molar-refractivity contribution in [3.8, 4) is 5.75 Å². The van der Waals surface area contributed by atoms with Crippen LogP contribution in [0.5, 0.6) is 5.75 Å². The summed E-state index contributed by atoms with van der Waals surface area (Å²) < 4.78 is 5.15. The standard InChI is InChI=1S/C20H26N2O2/c1-15(2)22-19(13-16-7-5-4-6-8-16)20(23)21-14-17-9-11-18(24-3)12-10-17/h4-12,15,19,22H,13-14H2,1-3H3,(H,21,23). The molecule has 0 saturated carbocycles. The Bertz CT molecular complexity index is 624. The average Bonchev–Trinajstić information content (AvgIpc) is 2.60. The predicted octanol–water partition coefficient (Wildman–Crippen LogP) is 2.92. The molecule has 0 fully saturated rings. The van der Waals surface area contributed by atoms with E-state index in [1.165, 1.54) is 0 Å². The first kappa shape index (κ1) is 18.0. The highest BCUT2D eigenvalue weighted by atomic mass is 16.5. The van der Waals surface area contributed by atoms with E-state index >= 15 is 0 Å². The van der Waals surface area contributed by atoms with Gasteiger partial charge in [0.1, 0.15) is 5.75 Å². The highest BCUT2D eigenvalue weighted by Crippen LogP contribution is 2.11. The van der Waals surface area contributed by atoms with E-state index in [0.717, 1.165) is 16.9 Å². The number of ether oxygens (including phenoxy) is 1. The molecule has 0 aliphatic rings. The Kier molecular flexibility index (Phi) is 6.82. The number of amides is 1. The summed E-state index contributed by atoms with van der Waals surface area (Å²) in [7, 11) is 1.64. The van der Waals surface area contributed by atoms with E-state index in [-0.39, 0.29) is 18.0 Å². The fraction of sp³-hybridized carbons (Fsp3) is 0.350. The molecule has 0 saturated heterocycles. The minimum absolute atomic E-state index is 0.0170. The first-order chi connectivity index (χ1) is 11.6. The molecule has 0 aliphatic carbocycles. The molecule has 2 N–H and O–H groups in total. The smallest absolute Gasteiger partial charge is 0.237 e. The fourth-order valence-electron chi connectivity index (χ4n) is 2.54. The molecule has 0 spiro atoms. The van der Waals surface area contributed by atoms with Gasteiger partial charge in [-0.05, 0) is 29.7 Å². The van der Waals surface area contributed by atoms with Crippen LogP contribution in [0.4, 0.5) is 0 Å². The molecule has 1 amide bonds. The van der Waals surface area contributed by atoms with Crippen molar-refractivity contribution in [2.24, 2.45) is 0 Å². The Morgan fingerprint density at radius 2 is 1.67 bits per heavy atom. The molecule has 4 heteroatoms. The maximum absolute atomic E-state index is 12.6. The van der Waals surface area contributed by atoms with Crippen molar-refractivity contribution in [1.29, 1.82) is 0 Å². The van der Waals surface area contributed by atoms with Gasteiger partial charge in [-0.2, -0.15) is 0 Å². The number of nitrogens with one attached hydrogen (secondary N) is 2. The van der Waals surface area contributed by atoms with Crippen LogP contribution in [0.25, 0.3) is 0 Å². The van der Waals surface area contributed by atoms with E-state index in [4.69, 9.17) is 4.74 Å². The van der Waals surface area contributed by atoms with Crippen LogP contribution in [-0.4, -0.2) is 25.1 Å². The second-order valence-electron chi connectivity index (χ2n) is 6.13. The molecule has 1 atom stereocenters. The first-order valence-electron chi connectivity index (χ1n) is 8.29. The molecule has 4 nitrogen and oxygen atoms in total.